The summed E-state index contributed by atoms with van der Waals surface area (Å²) in [4.78, 5) is 10.6. The van der Waals surface area contributed by atoms with Crippen LogP contribution in [0.1, 0.15) is 10.5 Å². The van der Waals surface area contributed by atoms with Crippen LogP contribution in [-0.2, 0) is 0 Å². The van der Waals surface area contributed by atoms with Gasteiger partial charge in [-0.2, -0.15) is 5.10 Å². The van der Waals surface area contributed by atoms with E-state index >= 15 is 0 Å². The van der Waals surface area contributed by atoms with Gasteiger partial charge in [0, 0.05) is 0 Å². The minimum absolute atomic E-state index is 0.352. The fourth-order valence-electron chi connectivity index (χ4n) is 1.23. The number of nitrogens with zero attached hydrogens (tertiary/aromatic N) is 2. The Hall–Kier alpha value is -1.97. The van der Waals surface area contributed by atoms with E-state index in [1.54, 1.807) is 18.2 Å². The van der Waals surface area contributed by atoms with Crippen LogP contribution in [0.15, 0.2) is 36.5 Å². The number of hydrogen-bond donors (Lipinski definition) is 0. The van der Waals surface area contributed by atoms with Gasteiger partial charge in [0.25, 0.3) is 0 Å². The summed E-state index contributed by atoms with van der Waals surface area (Å²) in [6.07, 6.45) is 2.17. The van der Waals surface area contributed by atoms with Gasteiger partial charge in [-0.3, -0.25) is 4.79 Å². The Balaban J connectivity index is 2.54. The Morgan fingerprint density at radius 2 is 2.21 bits per heavy atom. The van der Waals surface area contributed by atoms with Crippen molar-refractivity contribution < 1.29 is 9.18 Å². The van der Waals surface area contributed by atoms with Gasteiger partial charge in [-0.25, -0.2) is 9.07 Å². The van der Waals surface area contributed by atoms with Crippen LogP contribution in [0.5, 0.6) is 0 Å². The largest absolute Gasteiger partial charge is 0.296 e. The van der Waals surface area contributed by atoms with E-state index in [-0.39, 0.29) is 5.82 Å². The zero-order valence-corrected chi connectivity index (χ0v) is 7.22. The molecule has 0 radical (unpaired) electrons. The van der Waals surface area contributed by atoms with Crippen LogP contribution < -0.4 is 0 Å². The van der Waals surface area contributed by atoms with Crippen LogP contribution in [0.25, 0.3) is 5.69 Å². The molecule has 14 heavy (non-hydrogen) atoms. The second-order valence-corrected chi connectivity index (χ2v) is 2.77. The molecule has 0 atom stereocenters. The Morgan fingerprint density at radius 3 is 2.93 bits per heavy atom. The first-order valence-electron chi connectivity index (χ1n) is 4.06. The molecular formula is C10H7FN2O. The van der Waals surface area contributed by atoms with Crippen molar-refractivity contribution in [1.82, 2.24) is 9.78 Å². The zero-order valence-electron chi connectivity index (χ0n) is 7.22. The summed E-state index contributed by atoms with van der Waals surface area (Å²) in [5.74, 6) is -0.352. The first-order chi connectivity index (χ1) is 6.81. The minimum atomic E-state index is -0.352. The van der Waals surface area contributed by atoms with Gasteiger partial charge in [-0.1, -0.05) is 6.07 Å². The maximum Gasteiger partial charge on any atom is 0.168 e. The first-order valence-corrected chi connectivity index (χ1v) is 4.06. The van der Waals surface area contributed by atoms with E-state index in [1.165, 1.54) is 23.0 Å². The summed E-state index contributed by atoms with van der Waals surface area (Å²) < 4.78 is 14.3. The van der Waals surface area contributed by atoms with E-state index < -0.39 is 0 Å². The number of aromatic nitrogens is 2. The molecule has 1 aromatic heterocycles. The molecule has 2 aromatic rings. The maximum atomic E-state index is 12.9. The molecule has 0 fully saturated rings. The molecule has 0 amide bonds. The van der Waals surface area contributed by atoms with Gasteiger partial charge in [0.15, 0.2) is 6.29 Å². The molecule has 0 aliphatic carbocycles. The summed E-state index contributed by atoms with van der Waals surface area (Å²) in [6.45, 7) is 0. The van der Waals surface area contributed by atoms with Gasteiger partial charge in [0.05, 0.1) is 11.9 Å². The van der Waals surface area contributed by atoms with E-state index in [4.69, 9.17) is 0 Å². The number of hydrogen-bond acceptors (Lipinski definition) is 2. The lowest BCUT2D eigenvalue weighted by atomic mass is 10.3. The van der Waals surface area contributed by atoms with E-state index in [9.17, 15) is 9.18 Å². The van der Waals surface area contributed by atoms with Gasteiger partial charge < -0.3 is 0 Å². The molecule has 2 rings (SSSR count). The van der Waals surface area contributed by atoms with Crippen LogP contribution in [0.4, 0.5) is 4.39 Å². The van der Waals surface area contributed by atoms with Crippen LogP contribution >= 0.6 is 0 Å². The van der Waals surface area contributed by atoms with E-state index in [0.717, 1.165) is 0 Å². The molecule has 0 aliphatic rings. The summed E-state index contributed by atoms with van der Waals surface area (Å²) in [5, 5.41) is 3.92. The van der Waals surface area contributed by atoms with E-state index in [1.807, 2.05) is 0 Å². The fraction of sp³-hybridized carbons (Fsp3) is 0. The average molecular weight is 190 g/mol. The second kappa shape index (κ2) is 3.41. The molecule has 1 aromatic carbocycles. The molecule has 0 saturated carbocycles. The topological polar surface area (TPSA) is 34.9 Å². The van der Waals surface area contributed by atoms with Crippen molar-refractivity contribution in [2.24, 2.45) is 0 Å². The lowest BCUT2D eigenvalue weighted by Gasteiger charge is -2.02. The Bertz CT molecular complexity index is 465. The third-order valence-electron chi connectivity index (χ3n) is 1.85. The lowest BCUT2D eigenvalue weighted by Crippen LogP contribution is -2.00. The van der Waals surface area contributed by atoms with Crippen molar-refractivity contribution in [3.05, 3.63) is 48.0 Å². The Morgan fingerprint density at radius 1 is 1.36 bits per heavy atom. The summed E-state index contributed by atoms with van der Waals surface area (Å²) in [5.41, 5.74) is 0.938. The van der Waals surface area contributed by atoms with Crippen molar-refractivity contribution in [3.63, 3.8) is 0 Å². The molecule has 0 bridgehead atoms. The molecule has 0 saturated heterocycles. The molecule has 70 valence electrons. The van der Waals surface area contributed by atoms with Crippen LogP contribution in [0, 0.1) is 5.82 Å². The Kier molecular flexibility index (Phi) is 2.10. The number of carbonyl (C=O) groups excluding carboxylic acids is 1. The van der Waals surface area contributed by atoms with E-state index in [2.05, 4.69) is 5.10 Å². The number of carbonyl (C=O) groups is 1. The molecular weight excluding hydrogens is 183 g/mol. The highest BCUT2D eigenvalue weighted by atomic mass is 19.1. The third kappa shape index (κ3) is 1.42. The highest BCUT2D eigenvalue weighted by Crippen LogP contribution is 2.10. The second-order valence-electron chi connectivity index (χ2n) is 2.77. The van der Waals surface area contributed by atoms with Crippen molar-refractivity contribution in [2.75, 3.05) is 0 Å². The first kappa shape index (κ1) is 8.62. The average Bonchev–Trinajstić information content (AvgIpc) is 2.65. The molecule has 0 N–H and O–H groups in total. The van der Waals surface area contributed by atoms with Crippen LogP contribution in [0.2, 0.25) is 0 Å². The Labute approximate surface area is 79.8 Å². The highest BCUT2D eigenvalue weighted by Gasteiger charge is 2.03. The molecule has 4 heteroatoms. The normalized spacial score (nSPS) is 10.1. The molecule has 3 nitrogen and oxygen atoms in total. The summed E-state index contributed by atoms with van der Waals surface area (Å²) >= 11 is 0. The van der Waals surface area contributed by atoms with Crippen molar-refractivity contribution in [3.8, 4) is 5.69 Å². The highest BCUT2D eigenvalue weighted by molar-refractivity contribution is 5.73. The standard InChI is InChI=1S/C10H7FN2O/c11-8-2-1-3-9(6-8)13-10(7-14)4-5-12-13/h1-7H. The lowest BCUT2D eigenvalue weighted by molar-refractivity contribution is 0.111. The smallest absolute Gasteiger partial charge is 0.168 e. The van der Waals surface area contributed by atoms with E-state index in [0.29, 0.717) is 17.7 Å². The third-order valence-corrected chi connectivity index (χ3v) is 1.85. The van der Waals surface area contributed by atoms with Crippen molar-refractivity contribution in [2.45, 2.75) is 0 Å². The molecule has 0 spiro atoms. The fourth-order valence-corrected chi connectivity index (χ4v) is 1.23. The maximum absolute atomic E-state index is 12.9. The van der Waals surface area contributed by atoms with Gasteiger partial charge in [-0.15, -0.1) is 0 Å². The van der Waals surface area contributed by atoms with Crippen molar-refractivity contribution in [1.29, 1.82) is 0 Å². The predicted molar refractivity (Wildman–Crippen MR) is 48.9 cm³/mol. The van der Waals surface area contributed by atoms with Gasteiger partial charge in [-0.05, 0) is 24.3 Å². The van der Waals surface area contributed by atoms with Crippen molar-refractivity contribution >= 4 is 6.29 Å². The predicted octanol–water partition coefficient (Wildman–Crippen LogP) is 1.82. The number of benzene rings is 1. The van der Waals surface area contributed by atoms with Gasteiger partial charge >= 0.3 is 0 Å². The number of aldehydes is 1. The quantitative estimate of drug-likeness (QED) is 0.677. The minimum Gasteiger partial charge on any atom is -0.296 e. The molecule has 0 aliphatic heterocycles. The van der Waals surface area contributed by atoms with Crippen LogP contribution in [0.3, 0.4) is 0 Å². The van der Waals surface area contributed by atoms with Gasteiger partial charge in [0.1, 0.15) is 11.5 Å². The van der Waals surface area contributed by atoms with Gasteiger partial charge in [0.2, 0.25) is 0 Å². The summed E-state index contributed by atoms with van der Waals surface area (Å²) in [7, 11) is 0. The van der Waals surface area contributed by atoms with Crippen LogP contribution in [-0.4, -0.2) is 16.1 Å². The monoisotopic (exact) mass is 190 g/mol. The number of halogens is 1. The number of rotatable bonds is 2. The molecule has 1 heterocycles. The zero-order chi connectivity index (χ0) is 9.97. The molecule has 0 unspecified atom stereocenters. The summed E-state index contributed by atoms with van der Waals surface area (Å²) in [6, 6.07) is 7.48. The SMILES string of the molecule is O=Cc1ccnn1-c1cccc(F)c1.